The van der Waals surface area contributed by atoms with E-state index in [1.54, 1.807) is 0 Å². The Labute approximate surface area is 218 Å². The molecule has 0 saturated carbocycles. The van der Waals surface area contributed by atoms with Crippen LogP contribution in [0.5, 0.6) is 0 Å². The Morgan fingerprint density at radius 3 is 1.95 bits per heavy atom. The van der Waals surface area contributed by atoms with Gasteiger partial charge in [0.1, 0.15) is 36.8 Å². The van der Waals surface area contributed by atoms with Crippen molar-refractivity contribution in [3.05, 3.63) is 0 Å². The van der Waals surface area contributed by atoms with Gasteiger partial charge in [0.05, 0.1) is 19.3 Å². The molecule has 9 N–H and O–H groups in total. The van der Waals surface area contributed by atoms with Crippen molar-refractivity contribution in [3.8, 4) is 0 Å². The van der Waals surface area contributed by atoms with Gasteiger partial charge in [0.25, 0.3) is 0 Å². The maximum Gasteiger partial charge on any atom is 0.322 e. The van der Waals surface area contributed by atoms with Gasteiger partial charge in [-0.05, 0) is 32.6 Å². The highest BCUT2D eigenvalue weighted by Gasteiger charge is 2.40. The Balaban J connectivity index is 2.07. The maximum atomic E-state index is 13.0. The van der Waals surface area contributed by atoms with Crippen molar-refractivity contribution in [2.75, 3.05) is 32.8 Å². The molecule has 2 saturated heterocycles. The molecule has 0 aliphatic carbocycles. The van der Waals surface area contributed by atoms with Gasteiger partial charge < -0.3 is 51.9 Å². The Morgan fingerprint density at radius 1 is 0.895 bits per heavy atom. The summed E-state index contributed by atoms with van der Waals surface area (Å²) in [6, 6.07) is -6.26. The molecule has 0 spiro atoms. The molecule has 2 aliphatic rings. The fourth-order valence-corrected chi connectivity index (χ4v) is 4.48. The summed E-state index contributed by atoms with van der Waals surface area (Å²) >= 11 is 0. The van der Waals surface area contributed by atoms with E-state index in [9.17, 15) is 39.0 Å². The number of aliphatic hydroxyl groups is 3. The van der Waals surface area contributed by atoms with E-state index in [2.05, 4.69) is 16.0 Å². The van der Waals surface area contributed by atoms with E-state index < -0.39 is 91.6 Å². The number of carboxylic acids is 1. The number of aliphatic hydroxyl groups excluding tert-OH is 3. The van der Waals surface area contributed by atoms with E-state index >= 15 is 0 Å². The van der Waals surface area contributed by atoms with Crippen LogP contribution >= 0.6 is 0 Å². The van der Waals surface area contributed by atoms with E-state index in [1.165, 1.54) is 11.8 Å². The van der Waals surface area contributed by atoms with E-state index in [4.69, 9.17) is 15.9 Å². The van der Waals surface area contributed by atoms with Gasteiger partial charge in [-0.15, -0.1) is 0 Å². The number of hydrogen-bond donors (Lipinski definition) is 8. The summed E-state index contributed by atoms with van der Waals surface area (Å²) in [5, 5.41) is 44.7. The lowest BCUT2D eigenvalue weighted by molar-refractivity contribution is -0.144. The predicted molar refractivity (Wildman–Crippen MR) is 128 cm³/mol. The molecule has 2 fully saturated rings. The summed E-state index contributed by atoms with van der Waals surface area (Å²) < 4.78 is 0. The number of rotatable bonds is 12. The lowest BCUT2D eigenvalue weighted by atomic mass is 10.1. The van der Waals surface area contributed by atoms with Crippen LogP contribution < -0.4 is 21.7 Å². The SMILES string of the molecule is C[C@@H](O)[C@H](NC(=O)[C@@H]1CCCN1C(=O)[C@@H](N)CO)C(=O)N[C@@H](CO)C(=O)N1CCC[C@H]1C(=O)NCC(=O)O. The van der Waals surface area contributed by atoms with Gasteiger partial charge in [-0.1, -0.05) is 0 Å². The number of nitrogens with two attached hydrogens (primary N) is 1. The van der Waals surface area contributed by atoms with E-state index in [0.717, 1.165) is 4.90 Å². The molecule has 0 radical (unpaired) electrons. The largest absolute Gasteiger partial charge is 0.480 e. The molecule has 0 aromatic rings. The quantitative estimate of drug-likeness (QED) is 0.115. The van der Waals surface area contributed by atoms with Crippen LogP contribution in [0.4, 0.5) is 0 Å². The standard InChI is InChI=1S/C22H36N6O10/c1-11(31)17(26-19(35)15-5-3-6-27(15)21(37)12(23)9-29)20(36)25-13(10-30)22(38)28-7-2-4-14(28)18(34)24-8-16(32)33/h11-15,17,29-31H,2-10,23H2,1H3,(H,24,34)(H,25,36)(H,26,35)(H,32,33)/t11-,12+,13+,14+,15+,17+/m1/s1. The molecule has 16 heteroatoms. The first-order valence-electron chi connectivity index (χ1n) is 12.3. The Morgan fingerprint density at radius 2 is 1.45 bits per heavy atom. The molecule has 2 aliphatic heterocycles. The van der Waals surface area contributed by atoms with Crippen LogP contribution in [0, 0.1) is 0 Å². The third kappa shape index (κ3) is 7.59. The number of nitrogens with one attached hydrogen (secondary N) is 3. The van der Waals surface area contributed by atoms with Gasteiger partial charge in [-0.25, -0.2) is 0 Å². The topological polar surface area (TPSA) is 252 Å². The van der Waals surface area contributed by atoms with Gasteiger partial charge in [0.15, 0.2) is 0 Å². The summed E-state index contributed by atoms with van der Waals surface area (Å²) in [7, 11) is 0. The molecule has 2 rings (SSSR count). The number of carbonyl (C=O) groups is 6. The third-order valence-corrected chi connectivity index (χ3v) is 6.46. The zero-order valence-corrected chi connectivity index (χ0v) is 21.0. The fraction of sp³-hybridized carbons (Fsp3) is 0.727. The van der Waals surface area contributed by atoms with Crippen molar-refractivity contribution in [1.82, 2.24) is 25.8 Å². The van der Waals surface area contributed by atoms with Gasteiger partial charge >= 0.3 is 5.97 Å². The first kappa shape index (κ1) is 30.9. The second-order valence-corrected chi connectivity index (χ2v) is 9.25. The highest BCUT2D eigenvalue weighted by atomic mass is 16.4. The van der Waals surface area contributed by atoms with Gasteiger partial charge in [-0.3, -0.25) is 28.8 Å². The van der Waals surface area contributed by atoms with E-state index in [1.807, 2.05) is 0 Å². The summed E-state index contributed by atoms with van der Waals surface area (Å²) in [4.78, 5) is 76.6. The average Bonchev–Trinajstić information content (AvgIpc) is 3.57. The van der Waals surface area contributed by atoms with Crippen LogP contribution in [0.1, 0.15) is 32.6 Å². The summed E-state index contributed by atoms with van der Waals surface area (Å²) in [6.07, 6.45) is 0.00558. The number of hydrogen-bond acceptors (Lipinski definition) is 10. The van der Waals surface area contributed by atoms with Crippen LogP contribution in [0.15, 0.2) is 0 Å². The number of nitrogens with zero attached hydrogens (tertiary/aromatic N) is 2. The molecule has 0 aromatic heterocycles. The molecule has 6 atom stereocenters. The lowest BCUT2D eigenvalue weighted by Gasteiger charge is -2.30. The Hall–Kier alpha value is -3.34. The van der Waals surface area contributed by atoms with Crippen LogP contribution in [0.3, 0.4) is 0 Å². The zero-order chi connectivity index (χ0) is 28.6. The number of amides is 5. The van der Waals surface area contributed by atoms with Crippen LogP contribution in [-0.4, -0.2) is 135 Å². The van der Waals surface area contributed by atoms with Crippen molar-refractivity contribution in [2.24, 2.45) is 5.73 Å². The normalized spacial score (nSPS) is 22.2. The first-order valence-corrected chi connectivity index (χ1v) is 12.3. The van der Waals surface area contributed by atoms with Crippen molar-refractivity contribution < 1.29 is 49.2 Å². The number of likely N-dealkylation sites (tertiary alicyclic amines) is 2. The zero-order valence-electron chi connectivity index (χ0n) is 21.0. The molecule has 16 nitrogen and oxygen atoms in total. The van der Waals surface area contributed by atoms with Crippen molar-refractivity contribution in [1.29, 1.82) is 0 Å². The highest BCUT2D eigenvalue weighted by Crippen LogP contribution is 2.20. The van der Waals surface area contributed by atoms with Crippen molar-refractivity contribution >= 4 is 35.5 Å². The number of aliphatic carboxylic acids is 1. The molecule has 0 unspecified atom stereocenters. The molecule has 0 aromatic carbocycles. The molecule has 5 amide bonds. The maximum absolute atomic E-state index is 13.0. The minimum Gasteiger partial charge on any atom is -0.480 e. The Bertz CT molecular complexity index is 915. The summed E-state index contributed by atoms with van der Waals surface area (Å²) in [6.45, 7) is -0.526. The van der Waals surface area contributed by atoms with Gasteiger partial charge in [-0.2, -0.15) is 0 Å². The molecular weight excluding hydrogens is 508 g/mol. The number of carbonyl (C=O) groups excluding carboxylic acids is 5. The molecule has 38 heavy (non-hydrogen) atoms. The minimum atomic E-state index is -1.55. The van der Waals surface area contributed by atoms with Gasteiger partial charge in [0, 0.05) is 13.1 Å². The first-order chi connectivity index (χ1) is 17.9. The molecule has 0 bridgehead atoms. The average molecular weight is 545 g/mol. The molecular formula is C22H36N6O10. The fourth-order valence-electron chi connectivity index (χ4n) is 4.48. The smallest absolute Gasteiger partial charge is 0.322 e. The second-order valence-electron chi connectivity index (χ2n) is 9.25. The van der Waals surface area contributed by atoms with Crippen LogP contribution in [0.2, 0.25) is 0 Å². The van der Waals surface area contributed by atoms with E-state index in [0.29, 0.717) is 12.8 Å². The minimum absolute atomic E-state index is 0.133. The van der Waals surface area contributed by atoms with E-state index in [-0.39, 0.29) is 25.9 Å². The van der Waals surface area contributed by atoms with Crippen LogP contribution in [0.25, 0.3) is 0 Å². The molecule has 214 valence electrons. The van der Waals surface area contributed by atoms with Gasteiger partial charge in [0.2, 0.25) is 29.5 Å². The third-order valence-electron chi connectivity index (χ3n) is 6.46. The second kappa shape index (κ2) is 14.0. The monoisotopic (exact) mass is 544 g/mol. The van der Waals surface area contributed by atoms with Crippen molar-refractivity contribution in [2.45, 2.75) is 68.9 Å². The lowest BCUT2D eigenvalue weighted by Crippen LogP contribution is -2.61. The predicted octanol–water partition coefficient (Wildman–Crippen LogP) is -5.17. The number of carboxylic acid groups (broad SMARTS) is 1. The summed E-state index contributed by atoms with van der Waals surface area (Å²) in [5.74, 6) is -5.12. The molecule has 2 heterocycles. The van der Waals surface area contributed by atoms with Crippen LogP contribution in [-0.2, 0) is 28.8 Å². The Kier molecular flexibility index (Phi) is 11.4. The summed E-state index contributed by atoms with van der Waals surface area (Å²) in [5.41, 5.74) is 5.58. The van der Waals surface area contributed by atoms with Crippen molar-refractivity contribution in [3.63, 3.8) is 0 Å². The highest BCUT2D eigenvalue weighted by molar-refractivity contribution is 5.96.